The molecular weight excluding hydrogens is 192 g/mol. The minimum Gasteiger partial charge on any atom is -0.479 e. The second kappa shape index (κ2) is 4.47. The summed E-state index contributed by atoms with van der Waals surface area (Å²) in [5.41, 5.74) is -0.874. The van der Waals surface area contributed by atoms with Gasteiger partial charge in [0.15, 0.2) is 0 Å². The number of nitrogens with zero attached hydrogens (tertiary/aromatic N) is 2. The van der Waals surface area contributed by atoms with Crippen LogP contribution in [0.2, 0.25) is 0 Å². The molecule has 1 heterocycles. The van der Waals surface area contributed by atoms with E-state index in [4.69, 9.17) is 0 Å². The molecule has 0 radical (unpaired) electrons. The van der Waals surface area contributed by atoms with Gasteiger partial charge in [-0.15, -0.1) is 0 Å². The van der Waals surface area contributed by atoms with Crippen molar-refractivity contribution in [3.8, 4) is 0 Å². The van der Waals surface area contributed by atoms with E-state index < -0.39 is 11.5 Å². The molecule has 0 aliphatic rings. The quantitative estimate of drug-likeness (QED) is 0.809. The van der Waals surface area contributed by atoms with Crippen molar-refractivity contribution in [2.75, 3.05) is 0 Å². The fourth-order valence-corrected chi connectivity index (χ4v) is 1.47. The molecule has 0 saturated carbocycles. The first-order valence-electron chi connectivity index (χ1n) is 5.18. The van der Waals surface area contributed by atoms with Crippen LogP contribution in [0.25, 0.3) is 0 Å². The fourth-order valence-electron chi connectivity index (χ4n) is 1.47. The standard InChI is InChI=1S/C11H18N2O2/c1-9(2)4-5-11(3,10(14)15)13-7-6-12-8-13/h6-9H,4-5H2,1-3H3,(H,14,15). The van der Waals surface area contributed by atoms with Gasteiger partial charge in [0.05, 0.1) is 6.33 Å². The SMILES string of the molecule is CC(C)CCC(C)(C(=O)O)n1ccnc1. The number of aromatic nitrogens is 2. The molecule has 1 rings (SSSR count). The van der Waals surface area contributed by atoms with Crippen LogP contribution in [0.3, 0.4) is 0 Å². The predicted octanol–water partition coefficient (Wildman–Crippen LogP) is 2.12. The summed E-state index contributed by atoms with van der Waals surface area (Å²) in [6.07, 6.45) is 6.39. The highest BCUT2D eigenvalue weighted by Crippen LogP contribution is 2.24. The molecule has 0 bridgehead atoms. The third-order valence-electron chi connectivity index (χ3n) is 2.74. The smallest absolute Gasteiger partial charge is 0.329 e. The zero-order valence-corrected chi connectivity index (χ0v) is 9.47. The third kappa shape index (κ3) is 2.58. The van der Waals surface area contributed by atoms with E-state index in [1.165, 1.54) is 0 Å². The Bertz CT molecular complexity index is 319. The van der Waals surface area contributed by atoms with Crippen molar-refractivity contribution >= 4 is 5.97 Å². The van der Waals surface area contributed by atoms with Crippen LogP contribution in [-0.4, -0.2) is 20.6 Å². The van der Waals surface area contributed by atoms with Crippen molar-refractivity contribution in [2.45, 2.75) is 39.2 Å². The van der Waals surface area contributed by atoms with E-state index in [0.29, 0.717) is 12.3 Å². The first-order valence-corrected chi connectivity index (χ1v) is 5.18. The molecule has 0 aliphatic heterocycles. The molecule has 1 aromatic heterocycles. The lowest BCUT2D eigenvalue weighted by molar-refractivity contribution is -0.147. The topological polar surface area (TPSA) is 55.1 Å². The minimum atomic E-state index is -0.874. The highest BCUT2D eigenvalue weighted by molar-refractivity contribution is 5.76. The van der Waals surface area contributed by atoms with Crippen LogP contribution in [0.5, 0.6) is 0 Å². The number of carbonyl (C=O) groups is 1. The zero-order chi connectivity index (χ0) is 11.5. The normalized spacial score (nSPS) is 15.2. The summed E-state index contributed by atoms with van der Waals surface area (Å²) in [5.74, 6) is -0.298. The largest absolute Gasteiger partial charge is 0.479 e. The van der Waals surface area contributed by atoms with Crippen LogP contribution in [0.1, 0.15) is 33.6 Å². The van der Waals surface area contributed by atoms with Gasteiger partial charge >= 0.3 is 5.97 Å². The fraction of sp³-hybridized carbons (Fsp3) is 0.636. The molecule has 1 unspecified atom stereocenters. The Balaban J connectivity index is 2.85. The molecule has 4 heteroatoms. The van der Waals surface area contributed by atoms with Crippen LogP contribution < -0.4 is 0 Å². The highest BCUT2D eigenvalue weighted by Gasteiger charge is 2.34. The number of carboxylic acids is 1. The number of hydrogen-bond donors (Lipinski definition) is 1. The molecule has 0 fully saturated rings. The van der Waals surface area contributed by atoms with Crippen LogP contribution in [0.4, 0.5) is 0 Å². The molecule has 0 amide bonds. The monoisotopic (exact) mass is 210 g/mol. The Morgan fingerprint density at radius 2 is 2.27 bits per heavy atom. The molecular formula is C11H18N2O2. The second-order valence-corrected chi connectivity index (χ2v) is 4.48. The number of imidazole rings is 1. The molecule has 1 aromatic rings. The summed E-state index contributed by atoms with van der Waals surface area (Å²) in [7, 11) is 0. The van der Waals surface area contributed by atoms with Gasteiger partial charge in [-0.2, -0.15) is 0 Å². The van der Waals surface area contributed by atoms with Crippen molar-refractivity contribution < 1.29 is 9.90 Å². The van der Waals surface area contributed by atoms with E-state index in [-0.39, 0.29) is 0 Å². The molecule has 15 heavy (non-hydrogen) atoms. The van der Waals surface area contributed by atoms with Gasteiger partial charge in [-0.05, 0) is 25.7 Å². The maximum atomic E-state index is 11.3. The van der Waals surface area contributed by atoms with Gasteiger partial charge < -0.3 is 9.67 Å². The molecule has 4 nitrogen and oxygen atoms in total. The Morgan fingerprint density at radius 1 is 1.60 bits per heavy atom. The summed E-state index contributed by atoms with van der Waals surface area (Å²) < 4.78 is 1.66. The van der Waals surface area contributed by atoms with Gasteiger partial charge in [0.25, 0.3) is 0 Å². The van der Waals surface area contributed by atoms with Gasteiger partial charge in [-0.25, -0.2) is 9.78 Å². The van der Waals surface area contributed by atoms with E-state index in [2.05, 4.69) is 18.8 Å². The average Bonchev–Trinajstić information content (AvgIpc) is 2.66. The summed E-state index contributed by atoms with van der Waals surface area (Å²) in [6.45, 7) is 5.92. The first kappa shape index (κ1) is 11.8. The zero-order valence-electron chi connectivity index (χ0n) is 9.47. The number of carboxylic acid groups (broad SMARTS) is 1. The second-order valence-electron chi connectivity index (χ2n) is 4.48. The van der Waals surface area contributed by atoms with Gasteiger partial charge in [-0.3, -0.25) is 0 Å². The Kier molecular flexibility index (Phi) is 3.50. The molecule has 0 spiro atoms. The lowest BCUT2D eigenvalue weighted by Crippen LogP contribution is -2.38. The predicted molar refractivity (Wildman–Crippen MR) is 57.6 cm³/mol. The Labute approximate surface area is 89.9 Å². The van der Waals surface area contributed by atoms with Gasteiger partial charge in [0.2, 0.25) is 0 Å². The summed E-state index contributed by atoms with van der Waals surface area (Å²) in [6, 6.07) is 0. The average molecular weight is 210 g/mol. The van der Waals surface area contributed by atoms with Crippen LogP contribution in [-0.2, 0) is 10.3 Å². The lowest BCUT2D eigenvalue weighted by atomic mass is 9.92. The molecule has 1 atom stereocenters. The lowest BCUT2D eigenvalue weighted by Gasteiger charge is -2.27. The Morgan fingerprint density at radius 3 is 2.67 bits per heavy atom. The van der Waals surface area contributed by atoms with Gasteiger partial charge in [0.1, 0.15) is 5.54 Å². The number of aliphatic carboxylic acids is 1. The molecule has 0 saturated heterocycles. The maximum absolute atomic E-state index is 11.3. The van der Waals surface area contributed by atoms with Crippen molar-refractivity contribution in [3.05, 3.63) is 18.7 Å². The van der Waals surface area contributed by atoms with E-state index in [0.717, 1.165) is 6.42 Å². The summed E-state index contributed by atoms with van der Waals surface area (Å²) in [5, 5.41) is 9.27. The van der Waals surface area contributed by atoms with E-state index in [1.54, 1.807) is 30.2 Å². The summed E-state index contributed by atoms with van der Waals surface area (Å²) in [4.78, 5) is 15.2. The van der Waals surface area contributed by atoms with E-state index in [1.807, 2.05) is 0 Å². The van der Waals surface area contributed by atoms with Crippen LogP contribution >= 0.6 is 0 Å². The number of rotatable bonds is 5. The molecule has 84 valence electrons. The van der Waals surface area contributed by atoms with Gasteiger partial charge in [-0.1, -0.05) is 13.8 Å². The van der Waals surface area contributed by atoms with Crippen molar-refractivity contribution in [1.29, 1.82) is 0 Å². The van der Waals surface area contributed by atoms with Crippen LogP contribution in [0, 0.1) is 5.92 Å². The van der Waals surface area contributed by atoms with Crippen molar-refractivity contribution in [3.63, 3.8) is 0 Å². The van der Waals surface area contributed by atoms with Gasteiger partial charge in [0, 0.05) is 12.4 Å². The molecule has 1 N–H and O–H groups in total. The number of hydrogen-bond acceptors (Lipinski definition) is 2. The van der Waals surface area contributed by atoms with Crippen molar-refractivity contribution in [2.24, 2.45) is 5.92 Å². The highest BCUT2D eigenvalue weighted by atomic mass is 16.4. The molecule has 0 aliphatic carbocycles. The third-order valence-corrected chi connectivity index (χ3v) is 2.74. The first-order chi connectivity index (χ1) is 6.97. The van der Waals surface area contributed by atoms with Crippen LogP contribution in [0.15, 0.2) is 18.7 Å². The maximum Gasteiger partial charge on any atom is 0.329 e. The Hall–Kier alpha value is -1.32. The molecule has 0 aromatic carbocycles. The summed E-state index contributed by atoms with van der Waals surface area (Å²) >= 11 is 0. The van der Waals surface area contributed by atoms with E-state index >= 15 is 0 Å². The minimum absolute atomic E-state index is 0.507. The van der Waals surface area contributed by atoms with Crippen molar-refractivity contribution in [1.82, 2.24) is 9.55 Å². The van der Waals surface area contributed by atoms with E-state index in [9.17, 15) is 9.90 Å².